The molecule has 25 heavy (non-hydrogen) atoms. The maximum Gasteiger partial charge on any atom is 0.330 e. The molecule has 0 aliphatic rings. The standard InChI is InChI=1S/C19H18Cl3NO2/c1-2-25-19(24)8-7-18(23-22)9-13-3-5-14(6-4-13)15-10-16(20)12-17(21)11-15/h3-8,10-12,18,23H,2,9H2,1H3/b8-7+/t18-/m0/s1. The third-order valence-corrected chi connectivity index (χ3v) is 4.21. The van der Waals surface area contributed by atoms with Crippen molar-refractivity contribution >= 4 is 40.9 Å². The summed E-state index contributed by atoms with van der Waals surface area (Å²) in [5.74, 6) is -0.382. The molecule has 0 spiro atoms. The van der Waals surface area contributed by atoms with Gasteiger partial charge in [0.25, 0.3) is 0 Å². The van der Waals surface area contributed by atoms with Gasteiger partial charge < -0.3 is 4.74 Å². The Bertz CT molecular complexity index is 725. The van der Waals surface area contributed by atoms with Crippen LogP contribution in [0.2, 0.25) is 10.0 Å². The summed E-state index contributed by atoms with van der Waals surface area (Å²) in [7, 11) is 0. The largest absolute Gasteiger partial charge is 0.463 e. The van der Waals surface area contributed by atoms with Crippen LogP contribution in [0, 0.1) is 0 Å². The summed E-state index contributed by atoms with van der Waals surface area (Å²) in [5.41, 5.74) is 3.05. The van der Waals surface area contributed by atoms with Gasteiger partial charge in [0.1, 0.15) is 0 Å². The molecule has 0 saturated carbocycles. The molecule has 0 aromatic heterocycles. The molecule has 2 rings (SSSR count). The molecule has 0 saturated heterocycles. The number of halogens is 3. The molecule has 3 nitrogen and oxygen atoms in total. The average molecular weight is 399 g/mol. The van der Waals surface area contributed by atoms with Crippen molar-refractivity contribution in [3.8, 4) is 11.1 Å². The number of carbonyl (C=O) groups is 1. The molecule has 0 amide bonds. The zero-order valence-electron chi connectivity index (χ0n) is 13.6. The van der Waals surface area contributed by atoms with Gasteiger partial charge in [0.2, 0.25) is 0 Å². The lowest BCUT2D eigenvalue weighted by molar-refractivity contribution is -0.137. The number of benzene rings is 2. The van der Waals surface area contributed by atoms with E-state index in [2.05, 4.69) is 4.84 Å². The molecule has 1 atom stereocenters. The van der Waals surface area contributed by atoms with Gasteiger partial charge in [-0.2, -0.15) is 0 Å². The predicted molar refractivity (Wildman–Crippen MR) is 104 cm³/mol. The molecule has 132 valence electrons. The smallest absolute Gasteiger partial charge is 0.330 e. The van der Waals surface area contributed by atoms with E-state index in [0.29, 0.717) is 23.1 Å². The molecule has 0 bridgehead atoms. The zero-order valence-corrected chi connectivity index (χ0v) is 15.9. The highest BCUT2D eigenvalue weighted by atomic mass is 35.5. The zero-order chi connectivity index (χ0) is 18.2. The van der Waals surface area contributed by atoms with E-state index in [4.69, 9.17) is 39.7 Å². The van der Waals surface area contributed by atoms with Gasteiger partial charge in [0.15, 0.2) is 0 Å². The summed E-state index contributed by atoms with van der Waals surface area (Å²) in [4.78, 5) is 14.0. The maximum atomic E-state index is 11.4. The Morgan fingerprint density at radius 1 is 1.12 bits per heavy atom. The van der Waals surface area contributed by atoms with Gasteiger partial charge in [-0.3, -0.25) is 0 Å². The van der Waals surface area contributed by atoms with Crippen molar-refractivity contribution in [3.05, 3.63) is 70.2 Å². The van der Waals surface area contributed by atoms with E-state index in [1.54, 1.807) is 19.1 Å². The molecule has 1 N–H and O–H groups in total. The van der Waals surface area contributed by atoms with Crippen LogP contribution in [0.15, 0.2) is 54.6 Å². The highest BCUT2D eigenvalue weighted by Crippen LogP contribution is 2.27. The van der Waals surface area contributed by atoms with E-state index < -0.39 is 0 Å². The molecule has 0 aliphatic carbocycles. The Balaban J connectivity index is 2.07. The fourth-order valence-corrected chi connectivity index (χ4v) is 3.01. The van der Waals surface area contributed by atoms with Crippen LogP contribution in [0.1, 0.15) is 12.5 Å². The molecular formula is C19H18Cl3NO2. The maximum absolute atomic E-state index is 11.4. The fourth-order valence-electron chi connectivity index (χ4n) is 2.34. The summed E-state index contributed by atoms with van der Waals surface area (Å²) in [5, 5.41) is 1.20. The number of esters is 1. The van der Waals surface area contributed by atoms with E-state index in [1.807, 2.05) is 36.4 Å². The van der Waals surface area contributed by atoms with Gasteiger partial charge in [-0.05, 0) is 60.0 Å². The van der Waals surface area contributed by atoms with Crippen LogP contribution in [0.4, 0.5) is 0 Å². The third kappa shape index (κ3) is 6.37. The number of rotatable bonds is 7. The van der Waals surface area contributed by atoms with Crippen LogP contribution < -0.4 is 4.84 Å². The molecule has 0 unspecified atom stereocenters. The molecule has 0 heterocycles. The van der Waals surface area contributed by atoms with Gasteiger partial charge in [-0.15, -0.1) is 0 Å². The SMILES string of the molecule is CCOC(=O)/C=C/[C@@H](Cc1ccc(-c2cc(Cl)cc(Cl)c2)cc1)NCl. The molecule has 0 fully saturated rings. The minimum absolute atomic E-state index is 0.183. The summed E-state index contributed by atoms with van der Waals surface area (Å²) in [6, 6.07) is 13.3. The monoisotopic (exact) mass is 397 g/mol. The van der Waals surface area contributed by atoms with Crippen molar-refractivity contribution in [2.75, 3.05) is 6.61 Å². The number of hydrogen-bond acceptors (Lipinski definition) is 3. The summed E-state index contributed by atoms with van der Waals surface area (Å²) >= 11 is 17.9. The van der Waals surface area contributed by atoms with Crippen LogP contribution in [0.25, 0.3) is 11.1 Å². The van der Waals surface area contributed by atoms with E-state index in [1.165, 1.54) is 6.08 Å². The van der Waals surface area contributed by atoms with Crippen molar-refractivity contribution in [1.82, 2.24) is 4.84 Å². The van der Waals surface area contributed by atoms with Crippen LogP contribution in [0.3, 0.4) is 0 Å². The quantitative estimate of drug-likeness (QED) is 0.384. The topological polar surface area (TPSA) is 38.3 Å². The normalized spacial score (nSPS) is 12.3. The van der Waals surface area contributed by atoms with Crippen LogP contribution in [0.5, 0.6) is 0 Å². The van der Waals surface area contributed by atoms with Gasteiger partial charge >= 0.3 is 5.97 Å². The third-order valence-electron chi connectivity index (χ3n) is 3.50. The summed E-state index contributed by atoms with van der Waals surface area (Å²) in [6.45, 7) is 2.11. The number of hydrogen-bond donors (Lipinski definition) is 1. The first-order valence-corrected chi connectivity index (χ1v) is 8.91. The molecule has 2 aromatic carbocycles. The van der Waals surface area contributed by atoms with Gasteiger partial charge in [0.05, 0.1) is 6.61 Å². The number of carbonyl (C=O) groups excluding carboxylic acids is 1. The lowest BCUT2D eigenvalue weighted by atomic mass is 10.0. The lowest BCUT2D eigenvalue weighted by Gasteiger charge is -2.11. The van der Waals surface area contributed by atoms with Crippen molar-refractivity contribution in [1.29, 1.82) is 0 Å². The van der Waals surface area contributed by atoms with Gasteiger partial charge in [-0.25, -0.2) is 9.63 Å². The minimum Gasteiger partial charge on any atom is -0.463 e. The van der Waals surface area contributed by atoms with Crippen LogP contribution >= 0.6 is 35.0 Å². The number of ether oxygens (including phenoxy) is 1. The second-order valence-corrected chi connectivity index (χ2v) is 6.48. The second-order valence-electron chi connectivity index (χ2n) is 5.39. The lowest BCUT2D eigenvalue weighted by Crippen LogP contribution is -2.21. The molecule has 0 radical (unpaired) electrons. The molecule has 2 aromatic rings. The van der Waals surface area contributed by atoms with E-state index in [-0.39, 0.29) is 12.0 Å². The highest BCUT2D eigenvalue weighted by Gasteiger charge is 2.07. The molecule has 0 aliphatic heterocycles. The highest BCUT2D eigenvalue weighted by molar-refractivity contribution is 6.35. The summed E-state index contributed by atoms with van der Waals surface area (Å²) in [6.07, 6.45) is 3.71. The average Bonchev–Trinajstić information content (AvgIpc) is 2.58. The Morgan fingerprint density at radius 2 is 1.76 bits per heavy atom. The summed E-state index contributed by atoms with van der Waals surface area (Å²) < 4.78 is 4.85. The van der Waals surface area contributed by atoms with Crippen LogP contribution in [-0.4, -0.2) is 18.6 Å². The first-order valence-electron chi connectivity index (χ1n) is 7.78. The molecular weight excluding hydrogens is 381 g/mol. The Labute approximate surface area is 162 Å². The predicted octanol–water partition coefficient (Wildman–Crippen LogP) is 5.43. The first-order chi connectivity index (χ1) is 12.0. The first kappa shape index (κ1) is 19.8. The van der Waals surface area contributed by atoms with E-state index >= 15 is 0 Å². The minimum atomic E-state index is -0.382. The Kier molecular flexibility index (Phi) is 7.79. The van der Waals surface area contributed by atoms with Crippen molar-refractivity contribution in [3.63, 3.8) is 0 Å². The van der Waals surface area contributed by atoms with Gasteiger partial charge in [0, 0.05) is 22.2 Å². The van der Waals surface area contributed by atoms with Crippen molar-refractivity contribution in [2.24, 2.45) is 0 Å². The van der Waals surface area contributed by atoms with Crippen molar-refractivity contribution < 1.29 is 9.53 Å². The van der Waals surface area contributed by atoms with E-state index in [9.17, 15) is 4.79 Å². The van der Waals surface area contributed by atoms with Crippen molar-refractivity contribution in [2.45, 2.75) is 19.4 Å². The molecule has 6 heteroatoms. The Hall–Kier alpha value is -1.52. The van der Waals surface area contributed by atoms with E-state index in [0.717, 1.165) is 16.7 Å². The van der Waals surface area contributed by atoms with Gasteiger partial charge in [-0.1, -0.05) is 53.5 Å². The fraction of sp³-hybridized carbons (Fsp3) is 0.211. The number of nitrogens with one attached hydrogen (secondary N) is 1. The second kappa shape index (κ2) is 9.83. The Morgan fingerprint density at radius 3 is 2.32 bits per heavy atom. The van der Waals surface area contributed by atoms with Crippen LogP contribution in [-0.2, 0) is 16.0 Å².